The number of H-pyrrole nitrogens is 1. The summed E-state index contributed by atoms with van der Waals surface area (Å²) in [5.74, 6) is 0.850. The van der Waals surface area contributed by atoms with E-state index in [1.807, 2.05) is 42.5 Å². The summed E-state index contributed by atoms with van der Waals surface area (Å²) in [6.45, 7) is 0. The van der Waals surface area contributed by atoms with Crippen LogP contribution in [-0.4, -0.2) is 17.9 Å². The van der Waals surface area contributed by atoms with E-state index >= 15 is 0 Å². The van der Waals surface area contributed by atoms with Crippen LogP contribution in [-0.2, 0) is 0 Å². The van der Waals surface area contributed by atoms with E-state index in [-0.39, 0.29) is 5.78 Å². The summed E-state index contributed by atoms with van der Waals surface area (Å²) in [5.41, 5.74) is 4.34. The van der Waals surface area contributed by atoms with Crippen molar-refractivity contribution in [1.29, 1.82) is 0 Å². The molecule has 0 unspecified atom stereocenters. The number of benzene rings is 2. The van der Waals surface area contributed by atoms with Gasteiger partial charge in [-0.1, -0.05) is 18.2 Å². The lowest BCUT2D eigenvalue weighted by molar-refractivity contribution is 0.104. The van der Waals surface area contributed by atoms with E-state index in [2.05, 4.69) is 4.98 Å². The summed E-state index contributed by atoms with van der Waals surface area (Å²) in [6.07, 6.45) is 0. The molecule has 1 N–H and O–H groups in total. The SMILES string of the molecule is COc1ccc2c(c1)-c1[nH]c3ccccc3c1C2=O. The van der Waals surface area contributed by atoms with Crippen LogP contribution in [0.15, 0.2) is 42.5 Å². The Morgan fingerprint density at radius 3 is 2.74 bits per heavy atom. The highest BCUT2D eigenvalue weighted by Gasteiger charge is 2.30. The zero-order valence-electron chi connectivity index (χ0n) is 10.4. The molecule has 0 fully saturated rings. The molecule has 1 aliphatic rings. The molecule has 0 radical (unpaired) electrons. The fourth-order valence-electron chi connectivity index (χ4n) is 2.77. The third-order valence-corrected chi connectivity index (χ3v) is 3.67. The van der Waals surface area contributed by atoms with Crippen LogP contribution in [0.1, 0.15) is 15.9 Å². The van der Waals surface area contributed by atoms with Crippen LogP contribution in [0, 0.1) is 0 Å². The van der Waals surface area contributed by atoms with Crippen molar-refractivity contribution < 1.29 is 9.53 Å². The molecular weight excluding hydrogens is 238 g/mol. The predicted octanol–water partition coefficient (Wildman–Crippen LogP) is 3.39. The average molecular weight is 249 g/mol. The second-order valence-electron chi connectivity index (χ2n) is 4.66. The highest BCUT2D eigenvalue weighted by molar-refractivity contribution is 6.27. The van der Waals surface area contributed by atoms with Crippen LogP contribution < -0.4 is 4.74 Å². The Labute approximate surface area is 109 Å². The molecule has 2 aromatic carbocycles. The first-order valence-electron chi connectivity index (χ1n) is 6.13. The van der Waals surface area contributed by atoms with Crippen molar-refractivity contribution in [3.05, 3.63) is 53.6 Å². The van der Waals surface area contributed by atoms with E-state index in [0.717, 1.165) is 39.0 Å². The molecule has 0 amide bonds. The van der Waals surface area contributed by atoms with Crippen molar-refractivity contribution in [3.8, 4) is 17.0 Å². The van der Waals surface area contributed by atoms with Crippen molar-refractivity contribution in [3.63, 3.8) is 0 Å². The zero-order chi connectivity index (χ0) is 13.0. The van der Waals surface area contributed by atoms with Gasteiger partial charge in [-0.2, -0.15) is 0 Å². The number of para-hydroxylation sites is 1. The van der Waals surface area contributed by atoms with Gasteiger partial charge in [0, 0.05) is 22.0 Å². The summed E-state index contributed by atoms with van der Waals surface area (Å²) in [7, 11) is 1.63. The molecule has 1 aromatic heterocycles. The van der Waals surface area contributed by atoms with Crippen LogP contribution in [0.25, 0.3) is 22.2 Å². The molecule has 0 bridgehead atoms. The summed E-state index contributed by atoms with van der Waals surface area (Å²) < 4.78 is 5.24. The molecule has 0 saturated heterocycles. The van der Waals surface area contributed by atoms with E-state index in [4.69, 9.17) is 4.74 Å². The van der Waals surface area contributed by atoms with Gasteiger partial charge in [0.25, 0.3) is 0 Å². The smallest absolute Gasteiger partial charge is 0.196 e. The fourth-order valence-corrected chi connectivity index (χ4v) is 2.77. The van der Waals surface area contributed by atoms with Crippen LogP contribution in [0.3, 0.4) is 0 Å². The number of methoxy groups -OCH3 is 1. The highest BCUT2D eigenvalue weighted by atomic mass is 16.5. The molecule has 92 valence electrons. The zero-order valence-corrected chi connectivity index (χ0v) is 10.4. The molecule has 0 aliphatic heterocycles. The largest absolute Gasteiger partial charge is 0.497 e. The Balaban J connectivity index is 2.09. The van der Waals surface area contributed by atoms with Gasteiger partial charge in [0.05, 0.1) is 18.4 Å². The van der Waals surface area contributed by atoms with Gasteiger partial charge in [0.2, 0.25) is 0 Å². The topological polar surface area (TPSA) is 42.1 Å². The Morgan fingerprint density at radius 2 is 1.89 bits per heavy atom. The van der Waals surface area contributed by atoms with Gasteiger partial charge < -0.3 is 9.72 Å². The molecule has 19 heavy (non-hydrogen) atoms. The van der Waals surface area contributed by atoms with E-state index in [1.54, 1.807) is 7.11 Å². The van der Waals surface area contributed by atoms with E-state index < -0.39 is 0 Å². The number of nitrogens with one attached hydrogen (secondary N) is 1. The van der Waals surface area contributed by atoms with Gasteiger partial charge in [-0.25, -0.2) is 0 Å². The lowest BCUT2D eigenvalue weighted by Crippen LogP contribution is -1.95. The molecule has 3 heteroatoms. The lowest BCUT2D eigenvalue weighted by Gasteiger charge is -2.03. The molecule has 4 rings (SSSR count). The Bertz CT molecular complexity index is 830. The number of carbonyl (C=O) groups is 1. The number of fused-ring (bicyclic) bond motifs is 5. The molecule has 0 atom stereocenters. The number of rotatable bonds is 1. The third kappa shape index (κ3) is 1.24. The summed E-state index contributed by atoms with van der Waals surface area (Å²) in [6, 6.07) is 13.4. The minimum Gasteiger partial charge on any atom is -0.497 e. The van der Waals surface area contributed by atoms with Gasteiger partial charge in [0.15, 0.2) is 5.78 Å². The number of carbonyl (C=O) groups excluding carboxylic acids is 1. The number of aromatic nitrogens is 1. The summed E-state index contributed by atoms with van der Waals surface area (Å²) in [4.78, 5) is 15.8. The Hall–Kier alpha value is -2.55. The number of hydrogen-bond acceptors (Lipinski definition) is 2. The summed E-state index contributed by atoms with van der Waals surface area (Å²) in [5, 5.41) is 0.984. The quantitative estimate of drug-likeness (QED) is 0.562. The van der Waals surface area contributed by atoms with Crippen molar-refractivity contribution in [1.82, 2.24) is 4.98 Å². The van der Waals surface area contributed by atoms with Gasteiger partial charge in [-0.15, -0.1) is 0 Å². The molecular formula is C16H11NO2. The van der Waals surface area contributed by atoms with E-state index in [9.17, 15) is 4.79 Å². The van der Waals surface area contributed by atoms with E-state index in [1.165, 1.54) is 0 Å². The number of ether oxygens (including phenoxy) is 1. The van der Waals surface area contributed by atoms with Gasteiger partial charge in [-0.05, 0) is 24.3 Å². The normalized spacial score (nSPS) is 12.6. The summed E-state index contributed by atoms with van der Waals surface area (Å²) >= 11 is 0. The van der Waals surface area contributed by atoms with Gasteiger partial charge >= 0.3 is 0 Å². The lowest BCUT2D eigenvalue weighted by atomic mass is 10.1. The number of ketones is 1. The number of hydrogen-bond donors (Lipinski definition) is 1. The van der Waals surface area contributed by atoms with Crippen molar-refractivity contribution in [2.45, 2.75) is 0 Å². The predicted molar refractivity (Wildman–Crippen MR) is 73.7 cm³/mol. The average Bonchev–Trinajstić information content (AvgIpc) is 2.96. The van der Waals surface area contributed by atoms with Gasteiger partial charge in [0.1, 0.15) is 5.75 Å². The second kappa shape index (κ2) is 3.48. The molecule has 3 aromatic rings. The molecule has 1 heterocycles. The first kappa shape index (κ1) is 10.4. The third-order valence-electron chi connectivity index (χ3n) is 3.67. The molecule has 0 saturated carbocycles. The van der Waals surface area contributed by atoms with Crippen molar-refractivity contribution >= 4 is 16.7 Å². The van der Waals surface area contributed by atoms with Crippen LogP contribution in [0.5, 0.6) is 5.75 Å². The molecule has 1 aliphatic carbocycles. The second-order valence-corrected chi connectivity index (χ2v) is 4.66. The van der Waals surface area contributed by atoms with E-state index in [0.29, 0.717) is 0 Å². The Morgan fingerprint density at radius 1 is 1.05 bits per heavy atom. The van der Waals surface area contributed by atoms with Crippen LogP contribution >= 0.6 is 0 Å². The standard InChI is InChI=1S/C16H11NO2/c1-19-9-6-7-10-12(8-9)15-14(16(10)18)11-4-2-3-5-13(11)17-15/h2-8,17H,1H3. The van der Waals surface area contributed by atoms with Crippen molar-refractivity contribution in [2.24, 2.45) is 0 Å². The Kier molecular flexibility index (Phi) is 1.90. The number of aromatic amines is 1. The maximum atomic E-state index is 12.5. The molecule has 0 spiro atoms. The minimum atomic E-state index is 0.0881. The maximum absolute atomic E-state index is 12.5. The van der Waals surface area contributed by atoms with Gasteiger partial charge in [-0.3, -0.25) is 4.79 Å². The monoisotopic (exact) mass is 249 g/mol. The van der Waals surface area contributed by atoms with Crippen LogP contribution in [0.4, 0.5) is 0 Å². The maximum Gasteiger partial charge on any atom is 0.196 e. The highest BCUT2D eigenvalue weighted by Crippen LogP contribution is 2.41. The fraction of sp³-hybridized carbons (Fsp3) is 0.0625. The molecule has 3 nitrogen and oxygen atoms in total. The van der Waals surface area contributed by atoms with Crippen LogP contribution in [0.2, 0.25) is 0 Å². The first-order chi connectivity index (χ1) is 9.29. The minimum absolute atomic E-state index is 0.0881. The van der Waals surface area contributed by atoms with Crippen molar-refractivity contribution in [2.75, 3.05) is 7.11 Å². The first-order valence-corrected chi connectivity index (χ1v) is 6.13.